The molecule has 1 aromatic rings. The van der Waals surface area contributed by atoms with Gasteiger partial charge in [-0.2, -0.15) is 0 Å². The quantitative estimate of drug-likeness (QED) is 0.596. The summed E-state index contributed by atoms with van der Waals surface area (Å²) in [4.78, 5) is 13.5. The Balaban J connectivity index is 2.76. The lowest BCUT2D eigenvalue weighted by Crippen LogP contribution is -2.28. The van der Waals surface area contributed by atoms with Crippen LogP contribution in [0.1, 0.15) is 26.7 Å². The van der Waals surface area contributed by atoms with Crippen LogP contribution in [0.2, 0.25) is 0 Å². The summed E-state index contributed by atoms with van der Waals surface area (Å²) in [6, 6.07) is 0. The first-order valence-electron chi connectivity index (χ1n) is 5.41. The molecule has 0 aliphatic carbocycles. The van der Waals surface area contributed by atoms with Crippen molar-refractivity contribution in [2.75, 3.05) is 30.4 Å². The minimum Gasteiger partial charge on any atom is -0.380 e. The van der Waals surface area contributed by atoms with Crippen molar-refractivity contribution in [3.05, 3.63) is 14.7 Å². The largest absolute Gasteiger partial charge is 0.380 e. The Morgan fingerprint density at radius 2 is 2.07 bits per heavy atom. The van der Waals surface area contributed by atoms with Crippen LogP contribution in [0.4, 0.5) is 11.4 Å². The van der Waals surface area contributed by atoms with Gasteiger partial charge in [0.05, 0.1) is 5.69 Å². The molecule has 1 aromatic carbocycles. The van der Waals surface area contributed by atoms with Crippen molar-refractivity contribution in [3.8, 4) is 0 Å². The second-order valence-electron chi connectivity index (χ2n) is 3.68. The Kier molecular flexibility index (Phi) is 4.27. The van der Waals surface area contributed by atoms with Gasteiger partial charge in [-0.3, -0.25) is 4.79 Å². The molecule has 0 saturated heterocycles. The molecule has 0 amide bonds. The Morgan fingerprint density at radius 1 is 1.40 bits per heavy atom. The van der Waals surface area contributed by atoms with Crippen molar-refractivity contribution < 1.29 is 0 Å². The van der Waals surface area contributed by atoms with Crippen LogP contribution in [0, 0.1) is 4.51 Å². The van der Waals surface area contributed by atoms with Gasteiger partial charge in [-0.15, -0.1) is 0 Å². The molecule has 1 rings (SSSR count). The first-order chi connectivity index (χ1) is 7.13. The first kappa shape index (κ1) is 12.2. The molecule has 4 heteroatoms. The van der Waals surface area contributed by atoms with Crippen molar-refractivity contribution in [2.45, 2.75) is 26.7 Å². The Bertz CT molecular complexity index is 393. The average molecular weight is 226 g/mol. The minimum absolute atomic E-state index is 0.00333. The molecule has 15 heavy (non-hydrogen) atoms. The van der Waals surface area contributed by atoms with Crippen LogP contribution < -0.4 is 15.6 Å². The summed E-state index contributed by atoms with van der Waals surface area (Å²) in [5.41, 5.74) is 1.61. The van der Waals surface area contributed by atoms with Crippen LogP contribution in [0.15, 0.2) is 4.79 Å². The average Bonchev–Trinajstić information content (AvgIpc) is 2.26. The van der Waals surface area contributed by atoms with Crippen molar-refractivity contribution >= 4 is 23.6 Å². The standard InChI is InChI=1S/C11H18N2OS/c1-4-6-7-12-8-9(13(3)5-2)11(15)10(8)14/h12H,4-7H2,1-3H3. The zero-order valence-electron chi connectivity index (χ0n) is 9.59. The van der Waals surface area contributed by atoms with E-state index in [-0.39, 0.29) is 5.43 Å². The first-order valence-corrected chi connectivity index (χ1v) is 5.82. The highest BCUT2D eigenvalue weighted by atomic mass is 32.1. The highest BCUT2D eigenvalue weighted by Crippen LogP contribution is 2.26. The lowest BCUT2D eigenvalue weighted by molar-refractivity contribution is 0.831. The smallest absolute Gasteiger partial charge is 0.223 e. The number of hydrogen-bond donors (Lipinski definition) is 1. The fourth-order valence-electron chi connectivity index (χ4n) is 1.46. The van der Waals surface area contributed by atoms with Crippen LogP contribution >= 0.6 is 12.2 Å². The molecule has 0 heterocycles. The fraction of sp³-hybridized carbons (Fsp3) is 0.636. The Labute approximate surface area is 95.8 Å². The molecule has 1 N–H and O–H groups in total. The van der Waals surface area contributed by atoms with E-state index in [9.17, 15) is 4.79 Å². The predicted molar refractivity (Wildman–Crippen MR) is 68.3 cm³/mol. The lowest BCUT2D eigenvalue weighted by Gasteiger charge is -2.23. The highest BCUT2D eigenvalue weighted by Gasteiger charge is 2.19. The SMILES string of the molecule is CCCCNc1c(N(C)CC)c(=S)c1=O. The van der Waals surface area contributed by atoms with E-state index in [1.807, 2.05) is 18.9 Å². The molecule has 0 bridgehead atoms. The second kappa shape index (κ2) is 5.26. The number of anilines is 2. The predicted octanol–water partition coefficient (Wildman–Crippen LogP) is 2.32. The maximum Gasteiger partial charge on any atom is 0.223 e. The molecule has 0 aliphatic rings. The van der Waals surface area contributed by atoms with Gasteiger partial charge in [0, 0.05) is 20.1 Å². The van der Waals surface area contributed by atoms with Gasteiger partial charge in [0.1, 0.15) is 10.2 Å². The van der Waals surface area contributed by atoms with Gasteiger partial charge in [-0.05, 0) is 13.3 Å². The third-order valence-electron chi connectivity index (χ3n) is 2.57. The van der Waals surface area contributed by atoms with E-state index in [2.05, 4.69) is 12.2 Å². The third kappa shape index (κ3) is 2.37. The van der Waals surface area contributed by atoms with Crippen LogP contribution in [0.25, 0.3) is 0 Å². The molecule has 3 nitrogen and oxygen atoms in total. The number of rotatable bonds is 6. The van der Waals surface area contributed by atoms with Gasteiger partial charge in [0.25, 0.3) is 0 Å². The van der Waals surface area contributed by atoms with Crippen molar-refractivity contribution in [3.63, 3.8) is 0 Å². The van der Waals surface area contributed by atoms with E-state index in [1.165, 1.54) is 0 Å². The Morgan fingerprint density at radius 3 is 2.60 bits per heavy atom. The summed E-state index contributed by atoms with van der Waals surface area (Å²) in [7, 11) is 1.95. The summed E-state index contributed by atoms with van der Waals surface area (Å²) in [5, 5.41) is 3.17. The third-order valence-corrected chi connectivity index (χ3v) is 2.95. The van der Waals surface area contributed by atoms with Crippen LogP contribution in [-0.2, 0) is 0 Å². The van der Waals surface area contributed by atoms with Crippen molar-refractivity contribution in [2.24, 2.45) is 0 Å². The highest BCUT2D eigenvalue weighted by molar-refractivity contribution is 7.71. The van der Waals surface area contributed by atoms with Crippen molar-refractivity contribution in [1.29, 1.82) is 0 Å². The van der Waals surface area contributed by atoms with Gasteiger partial charge in [0.15, 0.2) is 0 Å². The molecule has 0 saturated carbocycles. The zero-order chi connectivity index (χ0) is 11.4. The summed E-state index contributed by atoms with van der Waals surface area (Å²) in [6.45, 7) is 5.88. The van der Waals surface area contributed by atoms with E-state index in [1.54, 1.807) is 0 Å². The van der Waals surface area contributed by atoms with Gasteiger partial charge < -0.3 is 10.2 Å². The molecule has 0 atom stereocenters. The molecule has 0 aliphatic heterocycles. The summed E-state index contributed by atoms with van der Waals surface area (Å²) in [5.74, 6) is 0. The Hall–Kier alpha value is -0.900. The molecule has 0 spiro atoms. The van der Waals surface area contributed by atoms with Gasteiger partial charge >= 0.3 is 0 Å². The zero-order valence-corrected chi connectivity index (χ0v) is 10.4. The number of nitrogens with one attached hydrogen (secondary N) is 1. The monoisotopic (exact) mass is 226 g/mol. The van der Waals surface area contributed by atoms with Gasteiger partial charge in [-0.1, -0.05) is 25.6 Å². The topological polar surface area (TPSA) is 32.3 Å². The number of hydrogen-bond acceptors (Lipinski definition) is 4. The van der Waals surface area contributed by atoms with Crippen LogP contribution in [0.3, 0.4) is 0 Å². The molecular weight excluding hydrogens is 208 g/mol. The van der Waals surface area contributed by atoms with Gasteiger partial charge in [0.2, 0.25) is 5.43 Å². The minimum atomic E-state index is -0.00333. The summed E-state index contributed by atoms with van der Waals surface area (Å²) in [6.07, 6.45) is 2.20. The van der Waals surface area contributed by atoms with E-state index >= 15 is 0 Å². The maximum absolute atomic E-state index is 11.5. The normalized spacial score (nSPS) is 10.6. The molecule has 0 fully saturated rings. The molecule has 0 aromatic heterocycles. The number of unbranched alkanes of at least 4 members (excludes halogenated alkanes) is 1. The van der Waals surface area contributed by atoms with Crippen LogP contribution in [-0.4, -0.2) is 20.1 Å². The summed E-state index contributed by atoms with van der Waals surface area (Å²) >= 11 is 5.04. The molecule has 0 unspecified atom stereocenters. The van der Waals surface area contributed by atoms with Crippen molar-refractivity contribution in [1.82, 2.24) is 0 Å². The number of nitrogens with zero attached hydrogens (tertiary/aromatic N) is 1. The molecule has 0 radical (unpaired) electrons. The summed E-state index contributed by atoms with van der Waals surface area (Å²) < 4.78 is 0.471. The van der Waals surface area contributed by atoms with Gasteiger partial charge in [-0.25, -0.2) is 0 Å². The lowest BCUT2D eigenvalue weighted by atomic mass is 10.2. The van der Waals surface area contributed by atoms with E-state index in [0.717, 1.165) is 31.6 Å². The fourth-order valence-corrected chi connectivity index (χ4v) is 1.82. The van der Waals surface area contributed by atoms with E-state index in [0.29, 0.717) is 10.2 Å². The second-order valence-corrected chi connectivity index (χ2v) is 4.08. The maximum atomic E-state index is 11.5. The van der Waals surface area contributed by atoms with Crippen LogP contribution in [0.5, 0.6) is 0 Å². The molecular formula is C11H18N2OS. The molecule has 84 valence electrons. The van der Waals surface area contributed by atoms with E-state index in [4.69, 9.17) is 12.2 Å². The van der Waals surface area contributed by atoms with E-state index < -0.39 is 0 Å².